The summed E-state index contributed by atoms with van der Waals surface area (Å²) in [6.07, 6.45) is 5.58. The van der Waals surface area contributed by atoms with Gasteiger partial charge in [0.1, 0.15) is 5.04 Å². The number of nitro groups is 1. The number of rotatable bonds is 5. The van der Waals surface area contributed by atoms with E-state index in [4.69, 9.17) is 21.8 Å². The zero-order valence-electron chi connectivity index (χ0n) is 22.3. The maximum absolute atomic E-state index is 11.4. The van der Waals surface area contributed by atoms with Gasteiger partial charge in [-0.05, 0) is 72.7 Å². The fourth-order valence-corrected chi connectivity index (χ4v) is 7.02. The number of allylic oxidation sites excluding steroid dienone is 4. The molecule has 1 atom stereocenters. The number of nitrogens with zero attached hydrogens (tertiary/aromatic N) is 5. The first kappa shape index (κ1) is 26.3. The molecule has 0 fully saturated rings. The van der Waals surface area contributed by atoms with Crippen molar-refractivity contribution < 1.29 is 4.92 Å². The van der Waals surface area contributed by atoms with Crippen molar-refractivity contribution in [1.82, 2.24) is 0 Å². The molecule has 0 aromatic heterocycles. The highest BCUT2D eigenvalue weighted by atomic mass is 35.5. The van der Waals surface area contributed by atoms with Crippen LogP contribution in [-0.4, -0.2) is 15.7 Å². The van der Waals surface area contributed by atoms with E-state index in [9.17, 15) is 10.1 Å². The number of hydrogen-bond acceptors (Lipinski definition) is 7. The predicted molar refractivity (Wildman–Crippen MR) is 171 cm³/mol. The molecular formula is C33H24ClN5O2S. The van der Waals surface area contributed by atoms with E-state index in [1.165, 1.54) is 12.1 Å². The minimum absolute atomic E-state index is 0.0371. The van der Waals surface area contributed by atoms with Crippen molar-refractivity contribution >= 4 is 51.2 Å². The van der Waals surface area contributed by atoms with Crippen LogP contribution in [0.4, 0.5) is 17.1 Å². The van der Waals surface area contributed by atoms with Crippen molar-refractivity contribution in [2.45, 2.75) is 17.8 Å². The lowest BCUT2D eigenvalue weighted by Crippen LogP contribution is -2.54. The summed E-state index contributed by atoms with van der Waals surface area (Å²) in [7, 11) is 0. The number of thioether (sulfide) groups is 1. The summed E-state index contributed by atoms with van der Waals surface area (Å²) in [4.78, 5) is 10.0. The van der Waals surface area contributed by atoms with Crippen molar-refractivity contribution in [1.29, 1.82) is 0 Å². The highest BCUT2D eigenvalue weighted by Gasteiger charge is 2.55. The highest BCUT2D eigenvalue weighted by Crippen LogP contribution is 2.55. The Labute approximate surface area is 252 Å². The second kappa shape index (κ2) is 10.6. The van der Waals surface area contributed by atoms with Crippen LogP contribution in [0.25, 0.3) is 0 Å². The Morgan fingerprint density at radius 2 is 1.38 bits per heavy atom. The molecule has 2 aliphatic heterocycles. The fraction of sp³-hybridized carbons (Fsp3) is 0.0909. The molecule has 7 rings (SSSR count). The Morgan fingerprint density at radius 1 is 0.762 bits per heavy atom. The van der Waals surface area contributed by atoms with E-state index in [1.54, 1.807) is 23.9 Å². The lowest BCUT2D eigenvalue weighted by atomic mass is 9.90. The molecule has 1 spiro atoms. The van der Waals surface area contributed by atoms with Crippen LogP contribution < -0.4 is 10.0 Å². The third kappa shape index (κ3) is 4.40. The Balaban J connectivity index is 1.47. The van der Waals surface area contributed by atoms with E-state index in [1.807, 2.05) is 71.7 Å². The number of benzene rings is 4. The number of anilines is 2. The van der Waals surface area contributed by atoms with Crippen molar-refractivity contribution in [3.63, 3.8) is 0 Å². The lowest BCUT2D eigenvalue weighted by molar-refractivity contribution is -0.384. The smallest absolute Gasteiger partial charge is 0.258 e. The number of para-hydroxylation sites is 2. The Kier molecular flexibility index (Phi) is 6.64. The van der Waals surface area contributed by atoms with E-state index in [-0.39, 0.29) is 5.69 Å². The van der Waals surface area contributed by atoms with Gasteiger partial charge in [-0.1, -0.05) is 78.3 Å². The van der Waals surface area contributed by atoms with Gasteiger partial charge in [-0.2, -0.15) is 10.2 Å². The minimum Gasteiger partial charge on any atom is -0.258 e. The standard InChI is InChI=1S/C33H24ClN5O2S/c34-25-19-15-23(16-20-25)31-29-13-7-8-14-30(29)33(37(35-31)26-9-3-1-4-10-26)38(27-11-5-2-6-12-27)36-32(42-33)24-17-21-28(22-18-24)39(40)41/h1-15,17-19,21-22H,16,20H2. The third-order valence-corrected chi connectivity index (χ3v) is 9.14. The molecular weight excluding hydrogens is 566 g/mol. The Morgan fingerprint density at radius 3 is 2.00 bits per heavy atom. The molecule has 7 nitrogen and oxygen atoms in total. The summed E-state index contributed by atoms with van der Waals surface area (Å²) in [6, 6.07) is 35.0. The number of hydrogen-bond donors (Lipinski definition) is 0. The van der Waals surface area contributed by atoms with E-state index in [0.29, 0.717) is 0 Å². The number of hydrazone groups is 2. The summed E-state index contributed by atoms with van der Waals surface area (Å²) >= 11 is 7.91. The number of fused-ring (bicyclic) bond motifs is 2. The second-order valence-electron chi connectivity index (χ2n) is 10.0. The zero-order chi connectivity index (χ0) is 28.7. The minimum atomic E-state index is -0.928. The molecule has 2 heterocycles. The molecule has 9 heteroatoms. The molecule has 4 aromatic carbocycles. The van der Waals surface area contributed by atoms with Gasteiger partial charge < -0.3 is 0 Å². The van der Waals surface area contributed by atoms with Crippen LogP contribution in [0.1, 0.15) is 29.5 Å². The summed E-state index contributed by atoms with van der Waals surface area (Å²) in [5.41, 5.74) is 6.71. The normalized spacial score (nSPS) is 19.5. The van der Waals surface area contributed by atoms with Gasteiger partial charge in [0.15, 0.2) is 0 Å². The van der Waals surface area contributed by atoms with E-state index >= 15 is 0 Å². The number of nitro benzene ring substituents is 1. The molecule has 0 radical (unpaired) electrons. The largest absolute Gasteiger partial charge is 0.269 e. The summed E-state index contributed by atoms with van der Waals surface area (Å²) in [5.74, 6) is 0. The van der Waals surface area contributed by atoms with Crippen LogP contribution in [0.5, 0.6) is 0 Å². The van der Waals surface area contributed by atoms with Crippen molar-refractivity contribution in [2.24, 2.45) is 10.2 Å². The zero-order valence-corrected chi connectivity index (χ0v) is 23.9. The first-order valence-electron chi connectivity index (χ1n) is 13.5. The van der Waals surface area contributed by atoms with Gasteiger partial charge in [-0.15, -0.1) is 0 Å². The van der Waals surface area contributed by atoms with E-state index in [0.717, 1.165) is 62.3 Å². The first-order valence-corrected chi connectivity index (χ1v) is 14.7. The van der Waals surface area contributed by atoms with Gasteiger partial charge in [-0.25, -0.2) is 10.0 Å². The molecule has 1 unspecified atom stereocenters. The van der Waals surface area contributed by atoms with Gasteiger partial charge in [-0.3, -0.25) is 10.1 Å². The average molecular weight is 590 g/mol. The van der Waals surface area contributed by atoms with Crippen LogP contribution in [-0.2, 0) is 4.99 Å². The molecule has 1 aliphatic carbocycles. The Bertz CT molecular complexity index is 1810. The van der Waals surface area contributed by atoms with Gasteiger partial charge in [0, 0.05) is 33.9 Å². The molecule has 0 N–H and O–H groups in total. The van der Waals surface area contributed by atoms with Crippen LogP contribution in [0.15, 0.2) is 142 Å². The molecule has 4 aromatic rings. The summed E-state index contributed by atoms with van der Waals surface area (Å²) < 4.78 is 0. The monoisotopic (exact) mass is 589 g/mol. The van der Waals surface area contributed by atoms with Crippen LogP contribution in [0.3, 0.4) is 0 Å². The second-order valence-corrected chi connectivity index (χ2v) is 11.7. The van der Waals surface area contributed by atoms with Crippen LogP contribution >= 0.6 is 23.4 Å². The highest BCUT2D eigenvalue weighted by molar-refractivity contribution is 8.15. The SMILES string of the molecule is O=[N+]([O-])c1ccc(C2=NN(c3ccccc3)C3(S2)c2ccccc2C(C2=CC=C(Cl)CC2)=NN3c2ccccc2)cc1. The van der Waals surface area contributed by atoms with Crippen LogP contribution in [0.2, 0.25) is 0 Å². The lowest BCUT2D eigenvalue weighted by Gasteiger charge is -2.47. The van der Waals surface area contributed by atoms with Gasteiger partial charge in [0.2, 0.25) is 4.99 Å². The van der Waals surface area contributed by atoms with Crippen molar-refractivity contribution in [3.8, 4) is 0 Å². The van der Waals surface area contributed by atoms with Crippen molar-refractivity contribution in [3.05, 3.63) is 159 Å². The predicted octanol–water partition coefficient (Wildman–Crippen LogP) is 8.39. The van der Waals surface area contributed by atoms with E-state index in [2.05, 4.69) is 35.4 Å². The molecule has 0 saturated carbocycles. The molecule has 42 heavy (non-hydrogen) atoms. The van der Waals surface area contributed by atoms with Crippen LogP contribution in [0, 0.1) is 10.1 Å². The molecule has 3 aliphatic rings. The summed E-state index contributed by atoms with van der Waals surface area (Å²) in [5, 5.41) is 27.6. The fourth-order valence-electron chi connectivity index (χ4n) is 5.46. The molecule has 0 bridgehead atoms. The van der Waals surface area contributed by atoms with Gasteiger partial charge in [0.25, 0.3) is 5.69 Å². The van der Waals surface area contributed by atoms with Gasteiger partial charge >= 0.3 is 0 Å². The molecule has 0 saturated heterocycles. The third-order valence-electron chi connectivity index (χ3n) is 7.47. The maximum atomic E-state index is 11.4. The van der Waals surface area contributed by atoms with E-state index < -0.39 is 9.92 Å². The first-order chi connectivity index (χ1) is 20.5. The number of non-ortho nitro benzene ring substituents is 1. The number of halogens is 1. The Hall–Kier alpha value is -4.66. The van der Waals surface area contributed by atoms with Crippen molar-refractivity contribution in [2.75, 3.05) is 10.0 Å². The average Bonchev–Trinajstić information content (AvgIpc) is 3.44. The summed E-state index contributed by atoms with van der Waals surface area (Å²) in [6.45, 7) is 0. The quantitative estimate of drug-likeness (QED) is 0.173. The molecule has 0 amide bonds. The molecule has 206 valence electrons. The topological polar surface area (TPSA) is 74.3 Å². The van der Waals surface area contributed by atoms with Gasteiger partial charge in [0.05, 0.1) is 22.0 Å². The maximum Gasteiger partial charge on any atom is 0.269 e.